The van der Waals surface area contributed by atoms with Gasteiger partial charge in [-0.05, 0) is 46.4 Å². The lowest BCUT2D eigenvalue weighted by molar-refractivity contribution is -0.126. The molecule has 0 saturated carbocycles. The van der Waals surface area contributed by atoms with Crippen molar-refractivity contribution in [1.82, 2.24) is 15.6 Å². The number of nitrogens with one attached hydrogen (secondary N) is 2. The Bertz CT molecular complexity index is 1590. The zero-order valence-corrected chi connectivity index (χ0v) is 24.0. The summed E-state index contributed by atoms with van der Waals surface area (Å²) in [5.74, 6) is -0.683. The summed E-state index contributed by atoms with van der Waals surface area (Å²) in [4.78, 5) is 39.2. The van der Waals surface area contributed by atoms with Crippen LogP contribution in [0.1, 0.15) is 61.5 Å². The van der Waals surface area contributed by atoms with Gasteiger partial charge in [0.1, 0.15) is 6.04 Å². The van der Waals surface area contributed by atoms with Crippen LogP contribution in [0.25, 0.3) is 0 Å². The van der Waals surface area contributed by atoms with Gasteiger partial charge in [0.05, 0.1) is 24.5 Å². The molecular formula is C34H35N5O3. The molecule has 6 rings (SSSR count). The van der Waals surface area contributed by atoms with Gasteiger partial charge in [-0.25, -0.2) is 0 Å². The lowest BCUT2D eigenvalue weighted by Gasteiger charge is -2.34. The van der Waals surface area contributed by atoms with Gasteiger partial charge in [0.2, 0.25) is 5.91 Å². The number of aromatic nitrogens is 1. The lowest BCUT2D eigenvalue weighted by atomic mass is 9.87. The van der Waals surface area contributed by atoms with Crippen LogP contribution in [0.15, 0.2) is 101 Å². The molecule has 8 nitrogen and oxygen atoms in total. The van der Waals surface area contributed by atoms with Gasteiger partial charge in [0.25, 0.3) is 5.91 Å². The number of nitrogens with zero attached hydrogens (tertiary/aromatic N) is 3. The minimum atomic E-state index is -1.04. The maximum absolute atomic E-state index is 14.5. The van der Waals surface area contributed by atoms with Gasteiger partial charge in [0, 0.05) is 47.8 Å². The van der Waals surface area contributed by atoms with Crippen molar-refractivity contribution < 1.29 is 14.7 Å². The van der Waals surface area contributed by atoms with E-state index in [0.717, 1.165) is 22.4 Å². The van der Waals surface area contributed by atoms with Crippen molar-refractivity contribution in [3.8, 4) is 0 Å². The van der Waals surface area contributed by atoms with Gasteiger partial charge >= 0.3 is 0 Å². The number of aliphatic hydroxyl groups is 1. The van der Waals surface area contributed by atoms with E-state index in [9.17, 15) is 14.7 Å². The predicted octanol–water partition coefficient (Wildman–Crippen LogP) is 4.44. The van der Waals surface area contributed by atoms with E-state index in [0.29, 0.717) is 29.7 Å². The van der Waals surface area contributed by atoms with Crippen molar-refractivity contribution >= 4 is 23.8 Å². The Morgan fingerprint density at radius 1 is 1.02 bits per heavy atom. The minimum Gasteiger partial charge on any atom is -0.390 e. The minimum absolute atomic E-state index is 0.0833. The molecule has 2 amide bonds. The van der Waals surface area contributed by atoms with Crippen LogP contribution in [-0.2, 0) is 21.4 Å². The van der Waals surface area contributed by atoms with Crippen molar-refractivity contribution in [3.05, 3.63) is 119 Å². The Morgan fingerprint density at radius 3 is 2.55 bits per heavy atom. The monoisotopic (exact) mass is 561 g/mol. The third-order valence-corrected chi connectivity index (χ3v) is 8.24. The Balaban J connectivity index is 1.43. The van der Waals surface area contributed by atoms with E-state index in [1.165, 1.54) is 0 Å². The average Bonchev–Trinajstić information content (AvgIpc) is 3.59. The number of allylic oxidation sites excluding steroid dienone is 2. The van der Waals surface area contributed by atoms with Crippen molar-refractivity contribution in [2.24, 2.45) is 4.99 Å². The van der Waals surface area contributed by atoms with E-state index in [4.69, 9.17) is 0 Å². The van der Waals surface area contributed by atoms with Crippen LogP contribution < -0.4 is 15.5 Å². The highest BCUT2D eigenvalue weighted by molar-refractivity contribution is 6.10. The number of pyridine rings is 1. The summed E-state index contributed by atoms with van der Waals surface area (Å²) >= 11 is 0. The maximum atomic E-state index is 14.5. The highest BCUT2D eigenvalue weighted by Crippen LogP contribution is 2.36. The Morgan fingerprint density at radius 2 is 1.81 bits per heavy atom. The SMILES string of the molecule is CC(C)(C)c1ccc(N(C(=O)C2=CC=C3NC=NC3C2)C(C(=O)N[C@H]2c3ccccc3C[C@H]2O)c2cccnc2)cc1. The summed E-state index contributed by atoms with van der Waals surface area (Å²) in [6, 6.07) is 17.3. The molecule has 2 unspecified atom stereocenters. The van der Waals surface area contributed by atoms with Gasteiger partial charge in [0.15, 0.2) is 0 Å². The smallest absolute Gasteiger partial charge is 0.255 e. The maximum Gasteiger partial charge on any atom is 0.255 e. The third-order valence-electron chi connectivity index (χ3n) is 8.24. The second-order valence-electron chi connectivity index (χ2n) is 12.1. The number of hydrogen-bond donors (Lipinski definition) is 3. The molecule has 3 aliphatic rings. The lowest BCUT2D eigenvalue weighted by Crippen LogP contribution is -2.47. The third kappa shape index (κ3) is 5.25. The van der Waals surface area contributed by atoms with Crippen LogP contribution in [0.4, 0.5) is 5.69 Å². The molecule has 4 atom stereocenters. The molecule has 2 aliphatic carbocycles. The molecule has 0 spiro atoms. The van der Waals surface area contributed by atoms with E-state index < -0.39 is 24.1 Å². The molecule has 0 bridgehead atoms. The number of amides is 2. The van der Waals surface area contributed by atoms with Crippen LogP contribution in [0.5, 0.6) is 0 Å². The van der Waals surface area contributed by atoms with Gasteiger partial charge in [-0.2, -0.15) is 0 Å². The normalized spacial score (nSPS) is 21.4. The fraction of sp³-hybridized carbons (Fsp3) is 0.294. The Labute approximate surface area is 245 Å². The summed E-state index contributed by atoms with van der Waals surface area (Å²) in [6.07, 6.45) is 8.69. The molecule has 42 heavy (non-hydrogen) atoms. The molecule has 0 fully saturated rings. The predicted molar refractivity (Wildman–Crippen MR) is 163 cm³/mol. The quantitative estimate of drug-likeness (QED) is 0.413. The van der Waals surface area contributed by atoms with Crippen molar-refractivity contribution in [3.63, 3.8) is 0 Å². The number of rotatable bonds is 6. The first-order valence-electron chi connectivity index (χ1n) is 14.3. The van der Waals surface area contributed by atoms with E-state index in [1.807, 2.05) is 60.7 Å². The first kappa shape index (κ1) is 27.6. The van der Waals surface area contributed by atoms with Gasteiger partial charge in [-0.1, -0.05) is 69.3 Å². The van der Waals surface area contributed by atoms with E-state index in [2.05, 4.69) is 41.4 Å². The molecule has 8 heteroatoms. The number of hydrogen-bond acceptors (Lipinski definition) is 6. The molecule has 2 aromatic carbocycles. The van der Waals surface area contributed by atoms with Crippen molar-refractivity contribution in [1.29, 1.82) is 0 Å². The summed E-state index contributed by atoms with van der Waals surface area (Å²) < 4.78 is 0. The topological polar surface area (TPSA) is 107 Å². The molecule has 214 valence electrons. The summed E-state index contributed by atoms with van der Waals surface area (Å²) in [7, 11) is 0. The van der Waals surface area contributed by atoms with Gasteiger partial charge in [-0.15, -0.1) is 0 Å². The number of carbonyl (C=O) groups excluding carboxylic acids is 2. The molecule has 1 aliphatic heterocycles. The molecule has 0 radical (unpaired) electrons. The van der Waals surface area contributed by atoms with E-state index >= 15 is 0 Å². The van der Waals surface area contributed by atoms with Crippen LogP contribution in [0.2, 0.25) is 0 Å². The van der Waals surface area contributed by atoms with Crippen LogP contribution >= 0.6 is 0 Å². The molecule has 2 heterocycles. The Hall–Kier alpha value is -4.56. The first-order chi connectivity index (χ1) is 20.2. The van der Waals surface area contributed by atoms with Crippen LogP contribution in [0.3, 0.4) is 0 Å². The average molecular weight is 562 g/mol. The number of fused-ring (bicyclic) bond motifs is 2. The zero-order chi connectivity index (χ0) is 29.4. The first-order valence-corrected chi connectivity index (χ1v) is 14.3. The van der Waals surface area contributed by atoms with Gasteiger partial charge < -0.3 is 15.7 Å². The molecule has 0 saturated heterocycles. The summed E-state index contributed by atoms with van der Waals surface area (Å²) in [5.41, 5.74) is 5.57. The number of aliphatic imine (C=N–C) groups is 1. The largest absolute Gasteiger partial charge is 0.390 e. The second-order valence-corrected chi connectivity index (χ2v) is 12.1. The fourth-order valence-corrected chi connectivity index (χ4v) is 5.92. The summed E-state index contributed by atoms with van der Waals surface area (Å²) in [6.45, 7) is 6.40. The van der Waals surface area contributed by atoms with E-state index in [-0.39, 0.29) is 17.4 Å². The van der Waals surface area contributed by atoms with Gasteiger partial charge in [-0.3, -0.25) is 24.5 Å². The number of aliphatic hydroxyl groups excluding tert-OH is 1. The second kappa shape index (κ2) is 11.0. The summed E-state index contributed by atoms with van der Waals surface area (Å²) in [5, 5.41) is 17.1. The molecular weight excluding hydrogens is 526 g/mol. The number of anilines is 1. The highest BCUT2D eigenvalue weighted by Gasteiger charge is 2.39. The van der Waals surface area contributed by atoms with Crippen molar-refractivity contribution in [2.45, 2.75) is 63.3 Å². The zero-order valence-electron chi connectivity index (χ0n) is 24.0. The highest BCUT2D eigenvalue weighted by atomic mass is 16.3. The van der Waals surface area contributed by atoms with E-state index in [1.54, 1.807) is 35.8 Å². The van der Waals surface area contributed by atoms with Crippen LogP contribution in [0, 0.1) is 0 Å². The molecule has 1 aromatic heterocycles. The number of benzene rings is 2. The molecule has 3 aromatic rings. The molecule has 3 N–H and O–H groups in total. The van der Waals surface area contributed by atoms with Crippen molar-refractivity contribution in [2.75, 3.05) is 4.90 Å². The Kier molecular flexibility index (Phi) is 7.24. The number of carbonyl (C=O) groups is 2. The fourth-order valence-electron chi connectivity index (χ4n) is 5.92. The van der Waals surface area contributed by atoms with Crippen LogP contribution in [-0.4, -0.2) is 40.4 Å². The standard InChI is InChI=1S/C34H35N5O3/c1-34(2,3)24-11-13-25(14-12-24)39(33(42)22-10-15-27-28(17-22)37-20-36-27)31(23-8-6-16-35-19-23)32(41)38-30-26-9-5-4-7-21(26)18-29(30)40/h4-16,19-20,28-31,40H,17-18H2,1-3H3,(H,36,37)(H,38,41)/t28?,29-,30+,31?/m1/s1.